The molecule has 13 heavy (non-hydrogen) atoms. The first-order valence-corrected chi connectivity index (χ1v) is 3.93. The Bertz CT molecular complexity index is 387. The molecule has 2 heteroatoms. The molecule has 0 N–H and O–H groups in total. The summed E-state index contributed by atoms with van der Waals surface area (Å²) in [5.41, 5.74) is 1.19. The van der Waals surface area contributed by atoms with Crippen molar-refractivity contribution in [2.24, 2.45) is 0 Å². The number of benzene rings is 2. The van der Waals surface area contributed by atoms with Crippen LogP contribution in [0.15, 0.2) is 36.4 Å². The van der Waals surface area contributed by atoms with Crippen LogP contribution in [0.5, 0.6) is 5.75 Å². The van der Waals surface area contributed by atoms with Crippen molar-refractivity contribution in [2.75, 3.05) is 0 Å². The Hall–Kier alpha value is 0.305. The largest absolute Gasteiger partial charge is 1.00 e. The molecule has 0 bridgehead atoms. The third-order valence-electron chi connectivity index (χ3n) is 1.97. The summed E-state index contributed by atoms with van der Waals surface area (Å²) >= 11 is 0. The predicted molar refractivity (Wildman–Crippen MR) is 48.1 cm³/mol. The monoisotopic (exact) mass is 242 g/mol. The Morgan fingerprint density at radius 1 is 0.923 bits per heavy atom. The molecule has 2 aromatic carbocycles. The standard InChI is InChI=1S/C11H10O.Rb/c1-8-2-3-9-4-5-11(12)7-10(9)6-8;/h2-7,12H,1H3;/q;+1/p-1. The average Bonchev–Trinajstić information content (AvgIpc) is 2.03. The van der Waals surface area contributed by atoms with Crippen molar-refractivity contribution in [3.05, 3.63) is 42.0 Å². The molecule has 1 nitrogen and oxygen atoms in total. The zero-order chi connectivity index (χ0) is 8.55. The molecular formula is C11H9ORb. The van der Waals surface area contributed by atoms with Gasteiger partial charge in [-0.2, -0.15) is 0 Å². The van der Waals surface area contributed by atoms with Gasteiger partial charge in [0.25, 0.3) is 0 Å². The van der Waals surface area contributed by atoms with Crippen LogP contribution in [0.4, 0.5) is 0 Å². The van der Waals surface area contributed by atoms with Crippen molar-refractivity contribution in [2.45, 2.75) is 6.92 Å². The number of rotatable bonds is 0. The van der Waals surface area contributed by atoms with Gasteiger partial charge in [-0.1, -0.05) is 42.0 Å². The maximum Gasteiger partial charge on any atom is 1.00 e. The molecule has 0 unspecified atom stereocenters. The number of hydrogen-bond donors (Lipinski definition) is 0. The third kappa shape index (κ3) is 2.63. The molecule has 0 heterocycles. The average molecular weight is 243 g/mol. The van der Waals surface area contributed by atoms with Crippen LogP contribution >= 0.6 is 0 Å². The molecule has 0 aliphatic rings. The summed E-state index contributed by atoms with van der Waals surface area (Å²) in [6.07, 6.45) is 0. The molecule has 0 aromatic heterocycles. The molecular weight excluding hydrogens is 234 g/mol. The van der Waals surface area contributed by atoms with Gasteiger partial charge in [0.2, 0.25) is 0 Å². The van der Waals surface area contributed by atoms with Crippen LogP contribution in [0.25, 0.3) is 10.8 Å². The Morgan fingerprint density at radius 3 is 2.38 bits per heavy atom. The van der Waals surface area contributed by atoms with Crippen LogP contribution in [-0.2, 0) is 0 Å². The van der Waals surface area contributed by atoms with E-state index in [-0.39, 0.29) is 63.9 Å². The van der Waals surface area contributed by atoms with Gasteiger partial charge >= 0.3 is 58.2 Å². The molecule has 0 aliphatic carbocycles. The molecule has 2 rings (SSSR count). The van der Waals surface area contributed by atoms with Gasteiger partial charge in [0.1, 0.15) is 0 Å². The van der Waals surface area contributed by atoms with Gasteiger partial charge in [-0.3, -0.25) is 0 Å². The second-order valence-electron chi connectivity index (χ2n) is 3.01. The zero-order valence-electron chi connectivity index (χ0n) is 7.87. The van der Waals surface area contributed by atoms with Gasteiger partial charge in [-0.15, -0.1) is 5.75 Å². The summed E-state index contributed by atoms with van der Waals surface area (Å²) < 4.78 is 0. The summed E-state index contributed by atoms with van der Waals surface area (Å²) in [7, 11) is 0. The predicted octanol–water partition coefficient (Wildman–Crippen LogP) is -0.774. The van der Waals surface area contributed by atoms with Crippen molar-refractivity contribution >= 4 is 10.8 Å². The van der Waals surface area contributed by atoms with Crippen molar-refractivity contribution in [1.82, 2.24) is 0 Å². The third-order valence-corrected chi connectivity index (χ3v) is 1.97. The minimum absolute atomic E-state index is 0. The molecule has 60 valence electrons. The van der Waals surface area contributed by atoms with Gasteiger partial charge in [-0.05, 0) is 17.7 Å². The normalized spacial score (nSPS) is 9.62. The second-order valence-corrected chi connectivity index (χ2v) is 3.01. The minimum atomic E-state index is 0. The van der Waals surface area contributed by atoms with E-state index in [9.17, 15) is 5.11 Å². The first-order valence-electron chi connectivity index (χ1n) is 3.93. The van der Waals surface area contributed by atoms with Gasteiger partial charge in [0.15, 0.2) is 0 Å². The van der Waals surface area contributed by atoms with E-state index in [4.69, 9.17) is 0 Å². The fourth-order valence-electron chi connectivity index (χ4n) is 1.34. The maximum absolute atomic E-state index is 11.0. The van der Waals surface area contributed by atoms with Gasteiger partial charge < -0.3 is 5.11 Å². The maximum atomic E-state index is 11.0. The van der Waals surface area contributed by atoms with E-state index in [1.807, 2.05) is 31.2 Å². The molecule has 0 amide bonds. The quantitative estimate of drug-likeness (QED) is 0.595. The Balaban J connectivity index is 0.000000845. The van der Waals surface area contributed by atoms with Crippen molar-refractivity contribution in [3.63, 3.8) is 0 Å². The molecule has 0 radical (unpaired) electrons. The smallest absolute Gasteiger partial charge is 0.872 e. The molecule has 2 aromatic rings. The van der Waals surface area contributed by atoms with E-state index < -0.39 is 0 Å². The number of aryl methyl sites for hydroxylation is 1. The summed E-state index contributed by atoms with van der Waals surface area (Å²) in [6.45, 7) is 2.02. The van der Waals surface area contributed by atoms with E-state index in [0.29, 0.717) is 0 Å². The Kier molecular flexibility index (Phi) is 4.11. The topological polar surface area (TPSA) is 23.1 Å². The van der Waals surface area contributed by atoms with Gasteiger partial charge in [0.05, 0.1) is 0 Å². The summed E-state index contributed by atoms with van der Waals surface area (Å²) in [5.74, 6) is 0.0769. The summed E-state index contributed by atoms with van der Waals surface area (Å²) in [6, 6.07) is 11.2. The van der Waals surface area contributed by atoms with E-state index >= 15 is 0 Å². The van der Waals surface area contributed by atoms with Crippen LogP contribution in [-0.4, -0.2) is 0 Å². The van der Waals surface area contributed by atoms with Crippen LogP contribution in [0.1, 0.15) is 5.56 Å². The Morgan fingerprint density at radius 2 is 1.62 bits per heavy atom. The molecule has 0 spiro atoms. The molecule has 0 saturated heterocycles. The van der Waals surface area contributed by atoms with E-state index in [1.165, 1.54) is 5.56 Å². The SMILES string of the molecule is Cc1ccc2ccc([O-])cc2c1.[Rb+]. The summed E-state index contributed by atoms with van der Waals surface area (Å²) in [4.78, 5) is 0. The first kappa shape index (κ1) is 11.4. The fraction of sp³-hybridized carbons (Fsp3) is 0.0909. The Labute approximate surface area is 127 Å². The van der Waals surface area contributed by atoms with Crippen molar-refractivity contribution in [1.29, 1.82) is 0 Å². The van der Waals surface area contributed by atoms with Gasteiger partial charge in [-0.25, -0.2) is 0 Å². The first-order chi connectivity index (χ1) is 5.75. The molecule has 0 fully saturated rings. The fourth-order valence-corrected chi connectivity index (χ4v) is 1.34. The van der Waals surface area contributed by atoms with Crippen LogP contribution in [0.2, 0.25) is 0 Å². The zero-order valence-corrected chi connectivity index (χ0v) is 12.8. The van der Waals surface area contributed by atoms with Crippen LogP contribution < -0.4 is 63.3 Å². The van der Waals surface area contributed by atoms with E-state index in [1.54, 1.807) is 12.1 Å². The molecule has 0 aliphatic heterocycles. The van der Waals surface area contributed by atoms with E-state index in [0.717, 1.165) is 10.8 Å². The number of hydrogen-bond acceptors (Lipinski definition) is 1. The van der Waals surface area contributed by atoms with Crippen LogP contribution in [0.3, 0.4) is 0 Å². The molecule has 0 atom stereocenters. The minimum Gasteiger partial charge on any atom is -0.872 e. The van der Waals surface area contributed by atoms with E-state index in [2.05, 4.69) is 0 Å². The second kappa shape index (κ2) is 4.69. The molecule has 0 saturated carbocycles. The van der Waals surface area contributed by atoms with Crippen molar-refractivity contribution in [3.8, 4) is 5.75 Å². The summed E-state index contributed by atoms with van der Waals surface area (Å²) in [5, 5.41) is 13.2. The van der Waals surface area contributed by atoms with Gasteiger partial charge in [0, 0.05) is 0 Å². The van der Waals surface area contributed by atoms with Crippen LogP contribution in [0, 0.1) is 6.92 Å². The number of fused-ring (bicyclic) bond motifs is 1. The van der Waals surface area contributed by atoms with Crippen molar-refractivity contribution < 1.29 is 63.3 Å².